The number of carboxylic acid groups (broad SMARTS) is 1. The molecule has 0 aliphatic heterocycles. The van der Waals surface area contributed by atoms with E-state index in [2.05, 4.69) is 98.9 Å². The Hall–Kier alpha value is -3.53. The van der Waals surface area contributed by atoms with Gasteiger partial charge in [0.2, 0.25) is 0 Å². The number of hydrogen-bond acceptors (Lipinski definition) is 8. The van der Waals surface area contributed by atoms with Crippen LogP contribution in [0.1, 0.15) is 322 Å². The van der Waals surface area contributed by atoms with Crippen LogP contribution in [0.5, 0.6) is 0 Å². The minimum atomic E-state index is -1.62. The van der Waals surface area contributed by atoms with E-state index < -0.39 is 24.3 Å². The summed E-state index contributed by atoms with van der Waals surface area (Å²) >= 11 is 0. The molecule has 9 heteroatoms. The Morgan fingerprint density at radius 1 is 0.365 bits per heavy atom. The molecule has 0 saturated heterocycles. The third-order valence-electron chi connectivity index (χ3n) is 15.6. The Kier molecular flexibility index (Phi) is 63.7. The Morgan fingerprint density at radius 2 is 0.671 bits per heavy atom. The number of aliphatic carboxylic acids is 1. The number of esters is 2. The molecule has 0 aromatic heterocycles. The number of nitrogens with zero attached hydrogens (tertiary/aromatic N) is 1. The molecule has 492 valence electrons. The summed E-state index contributed by atoms with van der Waals surface area (Å²) in [5.74, 6) is -2.27. The van der Waals surface area contributed by atoms with Crippen molar-refractivity contribution in [1.29, 1.82) is 0 Å². The van der Waals surface area contributed by atoms with Crippen molar-refractivity contribution in [2.24, 2.45) is 0 Å². The van der Waals surface area contributed by atoms with E-state index >= 15 is 0 Å². The van der Waals surface area contributed by atoms with Gasteiger partial charge in [-0.15, -0.1) is 0 Å². The highest BCUT2D eigenvalue weighted by molar-refractivity contribution is 5.70. The smallest absolute Gasteiger partial charge is 0.306 e. The Morgan fingerprint density at radius 3 is 1.01 bits per heavy atom. The third-order valence-corrected chi connectivity index (χ3v) is 15.6. The van der Waals surface area contributed by atoms with Crippen LogP contribution in [0.25, 0.3) is 0 Å². The number of unbranched alkanes of at least 4 members (excludes halogenated alkanes) is 37. The minimum absolute atomic E-state index is 0.147. The number of quaternary nitrogens is 1. The summed E-state index contributed by atoms with van der Waals surface area (Å²) in [5, 5.41) is 11.8. The number of allylic oxidation sites excluding steroid dienone is 14. The van der Waals surface area contributed by atoms with Crippen molar-refractivity contribution in [2.45, 2.75) is 334 Å². The molecule has 0 radical (unpaired) electrons. The molecular weight excluding hydrogens is 1050 g/mol. The van der Waals surface area contributed by atoms with Gasteiger partial charge < -0.3 is 33.3 Å². The molecule has 0 fully saturated rings. The Bertz CT molecular complexity index is 1670. The quantitative estimate of drug-likeness (QED) is 0.0195. The van der Waals surface area contributed by atoms with Gasteiger partial charge in [0.15, 0.2) is 12.4 Å². The van der Waals surface area contributed by atoms with Gasteiger partial charge in [-0.3, -0.25) is 9.59 Å². The Balaban J connectivity index is 4.08. The molecule has 0 saturated carbocycles. The van der Waals surface area contributed by atoms with Gasteiger partial charge in [0.1, 0.15) is 13.2 Å². The second-order valence-electron chi connectivity index (χ2n) is 25.1. The van der Waals surface area contributed by atoms with Crippen molar-refractivity contribution in [1.82, 2.24) is 0 Å². The molecule has 0 aliphatic carbocycles. The summed E-state index contributed by atoms with van der Waals surface area (Å²) in [6.45, 7) is 4.67. The van der Waals surface area contributed by atoms with Crippen LogP contribution in [0.3, 0.4) is 0 Å². The van der Waals surface area contributed by atoms with E-state index in [4.69, 9.17) is 18.9 Å². The summed E-state index contributed by atoms with van der Waals surface area (Å²) in [4.78, 5) is 37.5. The maximum absolute atomic E-state index is 12.9. The first-order valence-electron chi connectivity index (χ1n) is 35.7. The summed E-state index contributed by atoms with van der Waals surface area (Å²) in [5.41, 5.74) is 0. The van der Waals surface area contributed by atoms with Gasteiger partial charge in [-0.1, -0.05) is 304 Å². The molecule has 0 N–H and O–H groups in total. The topological polar surface area (TPSA) is 111 Å². The lowest BCUT2D eigenvalue weighted by atomic mass is 10.0. The molecule has 0 aromatic carbocycles. The van der Waals surface area contributed by atoms with E-state index in [1.807, 2.05) is 21.1 Å². The molecule has 2 unspecified atom stereocenters. The fourth-order valence-corrected chi connectivity index (χ4v) is 10.2. The van der Waals surface area contributed by atoms with Crippen molar-refractivity contribution in [2.75, 3.05) is 47.5 Å². The molecule has 9 nitrogen and oxygen atoms in total. The zero-order valence-electron chi connectivity index (χ0n) is 56.2. The molecule has 0 spiro atoms. The van der Waals surface area contributed by atoms with Crippen LogP contribution in [0.2, 0.25) is 0 Å². The number of carbonyl (C=O) groups is 3. The van der Waals surface area contributed by atoms with E-state index in [9.17, 15) is 19.5 Å². The van der Waals surface area contributed by atoms with Gasteiger partial charge in [-0.2, -0.15) is 0 Å². The molecule has 0 aliphatic rings. The van der Waals surface area contributed by atoms with E-state index in [1.165, 1.54) is 218 Å². The van der Waals surface area contributed by atoms with Gasteiger partial charge in [0, 0.05) is 12.8 Å². The average molecular weight is 1190 g/mol. The molecule has 0 bridgehead atoms. The number of rotatable bonds is 66. The minimum Gasteiger partial charge on any atom is -0.545 e. The van der Waals surface area contributed by atoms with Crippen LogP contribution in [0.15, 0.2) is 85.1 Å². The third kappa shape index (κ3) is 67.8. The predicted octanol–water partition coefficient (Wildman–Crippen LogP) is 20.9. The molecule has 0 heterocycles. The predicted molar refractivity (Wildman–Crippen MR) is 361 cm³/mol. The zero-order chi connectivity index (χ0) is 61.9. The molecule has 0 aromatic rings. The molecule has 2 atom stereocenters. The van der Waals surface area contributed by atoms with Crippen LogP contribution in [0.4, 0.5) is 0 Å². The lowest BCUT2D eigenvalue weighted by Crippen LogP contribution is -2.44. The monoisotopic (exact) mass is 1190 g/mol. The highest BCUT2D eigenvalue weighted by Crippen LogP contribution is 2.18. The Labute approximate surface area is 525 Å². The van der Waals surface area contributed by atoms with Crippen LogP contribution < -0.4 is 5.11 Å². The number of carboxylic acids is 1. The first-order chi connectivity index (χ1) is 41.6. The number of hydrogen-bond donors (Lipinski definition) is 0. The highest BCUT2D eigenvalue weighted by atomic mass is 16.7. The molecule has 0 rings (SSSR count). The van der Waals surface area contributed by atoms with Crippen molar-refractivity contribution < 1.29 is 42.9 Å². The molecular formula is C76H135NO8. The van der Waals surface area contributed by atoms with Gasteiger partial charge in [-0.05, 0) is 89.9 Å². The molecule has 0 amide bonds. The zero-order valence-corrected chi connectivity index (χ0v) is 56.2. The standard InChI is InChI=1S/C76H135NO8/c1-6-8-10-12-14-16-18-20-22-24-26-28-30-32-33-34-35-36-37-38-39-40-41-43-45-47-49-51-53-55-57-59-61-63-65-67-74(79)85-72(71-84-76(75(80)81)82-69-68-77(3,4)5)70-83-73(78)66-64-62-60-58-56-54-52-50-48-46-44-42-31-29-27-25-23-21-19-17-15-13-11-9-7-2/h8,10,14,16,20,22,25-28,32-33,35-36,72,76H,6-7,9,11-13,15,17-19,21,23-24,29-31,34,37-71H2,1-5H3/b10-8-,16-14-,22-20-,27-25-,28-26-,33-32-,36-35-. The first-order valence-corrected chi connectivity index (χ1v) is 35.7. The fraction of sp³-hybridized carbons (Fsp3) is 0.776. The van der Waals surface area contributed by atoms with E-state index in [0.29, 0.717) is 23.9 Å². The van der Waals surface area contributed by atoms with Crippen LogP contribution in [0, 0.1) is 0 Å². The largest absolute Gasteiger partial charge is 0.545 e. The van der Waals surface area contributed by atoms with Gasteiger partial charge >= 0.3 is 11.9 Å². The van der Waals surface area contributed by atoms with Crippen molar-refractivity contribution in [3.05, 3.63) is 85.1 Å². The maximum atomic E-state index is 12.9. The second-order valence-corrected chi connectivity index (χ2v) is 25.1. The lowest BCUT2D eigenvalue weighted by molar-refractivity contribution is -0.870. The van der Waals surface area contributed by atoms with E-state index in [1.54, 1.807) is 0 Å². The van der Waals surface area contributed by atoms with Crippen LogP contribution >= 0.6 is 0 Å². The van der Waals surface area contributed by atoms with Crippen molar-refractivity contribution in [3.63, 3.8) is 0 Å². The summed E-state index contributed by atoms with van der Waals surface area (Å²) in [6.07, 6.45) is 86.7. The average Bonchev–Trinajstić information content (AvgIpc) is 3.48. The number of carbonyl (C=O) groups excluding carboxylic acids is 3. The maximum Gasteiger partial charge on any atom is 0.306 e. The van der Waals surface area contributed by atoms with Crippen molar-refractivity contribution >= 4 is 17.9 Å². The lowest BCUT2D eigenvalue weighted by Gasteiger charge is -2.26. The van der Waals surface area contributed by atoms with Gasteiger partial charge in [0.25, 0.3) is 0 Å². The molecule has 85 heavy (non-hydrogen) atoms. The number of likely N-dealkylation sites (N-methyl/N-ethyl adjacent to an activating group) is 1. The summed E-state index contributed by atoms with van der Waals surface area (Å²) in [7, 11) is 5.94. The highest BCUT2D eigenvalue weighted by Gasteiger charge is 2.22. The first kappa shape index (κ1) is 81.5. The van der Waals surface area contributed by atoms with Crippen LogP contribution in [-0.4, -0.2) is 82.3 Å². The van der Waals surface area contributed by atoms with E-state index in [0.717, 1.165) is 70.6 Å². The van der Waals surface area contributed by atoms with E-state index in [-0.39, 0.29) is 32.2 Å². The van der Waals surface area contributed by atoms with Gasteiger partial charge in [0.05, 0.1) is 40.3 Å². The summed E-state index contributed by atoms with van der Waals surface area (Å²) in [6, 6.07) is 0. The van der Waals surface area contributed by atoms with Gasteiger partial charge in [-0.25, -0.2) is 0 Å². The van der Waals surface area contributed by atoms with Crippen LogP contribution in [-0.2, 0) is 33.3 Å². The second kappa shape index (κ2) is 66.4. The fourth-order valence-electron chi connectivity index (χ4n) is 10.2. The van der Waals surface area contributed by atoms with Crippen molar-refractivity contribution in [3.8, 4) is 0 Å². The number of ether oxygens (including phenoxy) is 4. The normalized spacial score (nSPS) is 13.2. The summed E-state index contributed by atoms with van der Waals surface area (Å²) < 4.78 is 22.8. The SMILES string of the molecule is CC/C=C\C/C=C\C/C=C\C/C=C\C/C=C\C/C=C\CCCCCCCCCCCCCCCCCCC(=O)OC(COC(=O)CCCCCCCCCCCCCCC/C=C\CCCCCCCCCC)COC(OCC[N+](C)(C)C)C(=O)[O-].